The van der Waals surface area contributed by atoms with Crippen molar-refractivity contribution in [3.8, 4) is 17.1 Å². The SMILES string of the molecule is COC(=O)c1cc(-c2cccnc2OC)n[nH]1. The predicted molar refractivity (Wildman–Crippen MR) is 59.7 cm³/mol. The molecule has 2 aromatic heterocycles. The Kier molecular flexibility index (Phi) is 3.04. The summed E-state index contributed by atoms with van der Waals surface area (Å²) >= 11 is 0. The maximum absolute atomic E-state index is 11.3. The summed E-state index contributed by atoms with van der Waals surface area (Å²) in [7, 11) is 2.84. The number of aromatic nitrogens is 3. The molecule has 0 unspecified atom stereocenters. The highest BCUT2D eigenvalue weighted by Crippen LogP contribution is 2.26. The van der Waals surface area contributed by atoms with E-state index in [0.29, 0.717) is 17.1 Å². The van der Waals surface area contributed by atoms with E-state index >= 15 is 0 Å². The number of nitrogens with one attached hydrogen (secondary N) is 1. The van der Waals surface area contributed by atoms with E-state index < -0.39 is 5.97 Å². The van der Waals surface area contributed by atoms with E-state index in [9.17, 15) is 4.79 Å². The summed E-state index contributed by atoms with van der Waals surface area (Å²) in [5, 5.41) is 6.62. The van der Waals surface area contributed by atoms with Crippen LogP contribution < -0.4 is 4.74 Å². The Hall–Kier alpha value is -2.37. The zero-order chi connectivity index (χ0) is 12.3. The summed E-state index contributed by atoms with van der Waals surface area (Å²) < 4.78 is 9.70. The van der Waals surface area contributed by atoms with Crippen LogP contribution in [0.5, 0.6) is 5.88 Å². The number of aromatic amines is 1. The minimum atomic E-state index is -0.466. The molecule has 0 aliphatic rings. The average Bonchev–Trinajstić information content (AvgIpc) is 2.87. The molecule has 0 spiro atoms. The van der Waals surface area contributed by atoms with Gasteiger partial charge in [0.1, 0.15) is 5.69 Å². The second-order valence-corrected chi connectivity index (χ2v) is 3.22. The third-order valence-electron chi connectivity index (χ3n) is 2.22. The van der Waals surface area contributed by atoms with Gasteiger partial charge in [-0.05, 0) is 18.2 Å². The maximum atomic E-state index is 11.3. The highest BCUT2D eigenvalue weighted by molar-refractivity contribution is 5.88. The normalized spacial score (nSPS) is 10.0. The number of ether oxygens (including phenoxy) is 2. The van der Waals surface area contributed by atoms with Crippen LogP contribution in [-0.2, 0) is 4.74 Å². The lowest BCUT2D eigenvalue weighted by atomic mass is 10.2. The van der Waals surface area contributed by atoms with Crippen LogP contribution >= 0.6 is 0 Å². The van der Waals surface area contributed by atoms with E-state index in [2.05, 4.69) is 19.9 Å². The third kappa shape index (κ3) is 2.10. The first-order valence-corrected chi connectivity index (χ1v) is 4.89. The fraction of sp³-hybridized carbons (Fsp3) is 0.182. The minimum absolute atomic E-state index is 0.286. The zero-order valence-electron chi connectivity index (χ0n) is 9.43. The number of pyridine rings is 1. The fourth-order valence-corrected chi connectivity index (χ4v) is 1.42. The van der Waals surface area contributed by atoms with E-state index in [1.165, 1.54) is 14.2 Å². The van der Waals surface area contributed by atoms with E-state index in [-0.39, 0.29) is 5.69 Å². The lowest BCUT2D eigenvalue weighted by Gasteiger charge is -2.02. The molecule has 88 valence electrons. The minimum Gasteiger partial charge on any atom is -0.481 e. The van der Waals surface area contributed by atoms with Crippen LogP contribution in [0.2, 0.25) is 0 Å². The molecule has 1 N–H and O–H groups in total. The quantitative estimate of drug-likeness (QED) is 0.808. The smallest absolute Gasteiger partial charge is 0.356 e. The van der Waals surface area contributed by atoms with Gasteiger partial charge in [0.05, 0.1) is 25.5 Å². The zero-order valence-corrected chi connectivity index (χ0v) is 9.43. The Morgan fingerprint density at radius 2 is 2.24 bits per heavy atom. The van der Waals surface area contributed by atoms with E-state index in [1.807, 2.05) is 6.07 Å². The van der Waals surface area contributed by atoms with Crippen molar-refractivity contribution >= 4 is 5.97 Å². The number of esters is 1. The molecule has 0 amide bonds. The summed E-state index contributed by atoms with van der Waals surface area (Å²) in [5.74, 6) is -0.0120. The summed E-state index contributed by atoms with van der Waals surface area (Å²) in [6.07, 6.45) is 1.62. The molecule has 0 saturated heterocycles. The molecule has 0 fully saturated rings. The molecular weight excluding hydrogens is 222 g/mol. The Morgan fingerprint density at radius 1 is 1.41 bits per heavy atom. The third-order valence-corrected chi connectivity index (χ3v) is 2.22. The van der Waals surface area contributed by atoms with Crippen molar-refractivity contribution in [3.63, 3.8) is 0 Å². The number of rotatable bonds is 3. The van der Waals surface area contributed by atoms with Gasteiger partial charge in [0.15, 0.2) is 0 Å². The molecule has 0 radical (unpaired) electrons. The Morgan fingerprint density at radius 3 is 2.94 bits per heavy atom. The average molecular weight is 233 g/mol. The highest BCUT2D eigenvalue weighted by Gasteiger charge is 2.14. The van der Waals surface area contributed by atoms with Gasteiger partial charge < -0.3 is 9.47 Å². The summed E-state index contributed by atoms with van der Waals surface area (Å²) in [5.41, 5.74) is 1.57. The van der Waals surface area contributed by atoms with E-state index in [4.69, 9.17) is 4.74 Å². The summed E-state index contributed by atoms with van der Waals surface area (Å²) in [6, 6.07) is 5.17. The van der Waals surface area contributed by atoms with Gasteiger partial charge in [-0.15, -0.1) is 0 Å². The highest BCUT2D eigenvalue weighted by atomic mass is 16.5. The lowest BCUT2D eigenvalue weighted by Crippen LogP contribution is -2.00. The van der Waals surface area contributed by atoms with Gasteiger partial charge in [0.25, 0.3) is 0 Å². The Bertz CT molecular complexity index is 536. The largest absolute Gasteiger partial charge is 0.481 e. The molecule has 2 heterocycles. The number of methoxy groups -OCH3 is 2. The molecule has 17 heavy (non-hydrogen) atoms. The number of nitrogens with zero attached hydrogens (tertiary/aromatic N) is 2. The second-order valence-electron chi connectivity index (χ2n) is 3.22. The van der Waals surface area contributed by atoms with Crippen LogP contribution in [0.4, 0.5) is 0 Å². The topological polar surface area (TPSA) is 77.1 Å². The van der Waals surface area contributed by atoms with Crippen LogP contribution in [0.3, 0.4) is 0 Å². The van der Waals surface area contributed by atoms with Crippen molar-refractivity contribution in [2.24, 2.45) is 0 Å². The number of hydrogen-bond donors (Lipinski definition) is 1. The lowest BCUT2D eigenvalue weighted by molar-refractivity contribution is 0.0594. The standard InChI is InChI=1S/C11H11N3O3/c1-16-10-7(4-3-5-12-10)8-6-9(14-13-8)11(15)17-2/h3-6H,1-2H3,(H,13,14). The number of carbonyl (C=O) groups excluding carboxylic acids is 1. The summed E-state index contributed by atoms with van der Waals surface area (Å²) in [4.78, 5) is 15.3. The van der Waals surface area contributed by atoms with Crippen LogP contribution in [0.15, 0.2) is 24.4 Å². The maximum Gasteiger partial charge on any atom is 0.356 e. The van der Waals surface area contributed by atoms with E-state index in [0.717, 1.165) is 0 Å². The summed E-state index contributed by atoms with van der Waals surface area (Å²) in [6.45, 7) is 0. The second kappa shape index (κ2) is 4.65. The van der Waals surface area contributed by atoms with Gasteiger partial charge in [0.2, 0.25) is 5.88 Å². The van der Waals surface area contributed by atoms with Gasteiger partial charge >= 0.3 is 5.97 Å². The molecule has 0 bridgehead atoms. The molecule has 0 atom stereocenters. The van der Waals surface area contributed by atoms with Gasteiger partial charge in [-0.3, -0.25) is 5.10 Å². The Labute approximate surface area is 97.6 Å². The van der Waals surface area contributed by atoms with Crippen LogP contribution in [-0.4, -0.2) is 35.4 Å². The Balaban J connectivity index is 2.40. The molecule has 2 aromatic rings. The first kappa shape index (κ1) is 11.1. The first-order chi connectivity index (χ1) is 8.26. The molecule has 6 nitrogen and oxygen atoms in total. The van der Waals surface area contributed by atoms with Gasteiger partial charge in [-0.25, -0.2) is 9.78 Å². The van der Waals surface area contributed by atoms with Gasteiger partial charge in [-0.2, -0.15) is 5.10 Å². The number of carbonyl (C=O) groups is 1. The van der Waals surface area contributed by atoms with E-state index in [1.54, 1.807) is 18.3 Å². The first-order valence-electron chi connectivity index (χ1n) is 4.89. The monoisotopic (exact) mass is 233 g/mol. The van der Waals surface area contributed by atoms with Crippen LogP contribution in [0.25, 0.3) is 11.3 Å². The molecule has 2 rings (SSSR count). The number of hydrogen-bond acceptors (Lipinski definition) is 5. The van der Waals surface area contributed by atoms with Crippen molar-refractivity contribution < 1.29 is 14.3 Å². The van der Waals surface area contributed by atoms with Crippen molar-refractivity contribution in [2.45, 2.75) is 0 Å². The van der Waals surface area contributed by atoms with Gasteiger partial charge in [0, 0.05) is 6.20 Å². The van der Waals surface area contributed by atoms with Gasteiger partial charge in [-0.1, -0.05) is 0 Å². The predicted octanol–water partition coefficient (Wildman–Crippen LogP) is 1.27. The van der Waals surface area contributed by atoms with Crippen molar-refractivity contribution in [1.29, 1.82) is 0 Å². The molecule has 0 saturated carbocycles. The molecule has 0 aliphatic carbocycles. The molecule has 6 heteroatoms. The van der Waals surface area contributed by atoms with Crippen molar-refractivity contribution in [1.82, 2.24) is 15.2 Å². The fourth-order valence-electron chi connectivity index (χ4n) is 1.42. The molecule has 0 aromatic carbocycles. The molecule has 0 aliphatic heterocycles. The van der Waals surface area contributed by atoms with Crippen molar-refractivity contribution in [3.05, 3.63) is 30.1 Å². The van der Waals surface area contributed by atoms with Crippen molar-refractivity contribution in [2.75, 3.05) is 14.2 Å². The number of H-pyrrole nitrogens is 1. The molecular formula is C11H11N3O3. The van der Waals surface area contributed by atoms with Crippen LogP contribution in [0.1, 0.15) is 10.5 Å². The van der Waals surface area contributed by atoms with Crippen LogP contribution in [0, 0.1) is 0 Å².